The van der Waals surface area contributed by atoms with Crippen molar-refractivity contribution in [2.24, 2.45) is 11.3 Å². The van der Waals surface area contributed by atoms with Crippen molar-refractivity contribution in [1.82, 2.24) is 5.32 Å². The normalized spacial score (nSPS) is 17.8. The fraction of sp³-hybridized carbons (Fsp3) is 0.688. The molecule has 0 aromatic carbocycles. The fourth-order valence-electron chi connectivity index (χ4n) is 3.43. The first kappa shape index (κ1) is 14.6. The minimum Gasteiger partial charge on any atom is -0.311 e. The molecule has 1 aliphatic rings. The van der Waals surface area contributed by atoms with Gasteiger partial charge in [-0.25, -0.2) is 0 Å². The molecule has 0 atom stereocenters. The summed E-state index contributed by atoms with van der Waals surface area (Å²) in [6.45, 7) is 6.70. The van der Waals surface area contributed by atoms with Crippen molar-refractivity contribution >= 4 is 11.3 Å². The van der Waals surface area contributed by atoms with Crippen LogP contribution in [0.1, 0.15) is 55.7 Å². The maximum absolute atomic E-state index is 8.83. The highest BCUT2D eigenvalue weighted by Crippen LogP contribution is 2.42. The third kappa shape index (κ3) is 4.06. The lowest BCUT2D eigenvalue weighted by Crippen LogP contribution is -2.32. The molecule has 0 unspecified atom stereocenters. The molecule has 1 N–H and O–H groups in total. The largest absolute Gasteiger partial charge is 0.311 e. The minimum absolute atomic E-state index is 0.531. The molecule has 3 heteroatoms. The Bertz CT molecular complexity index is 436. The van der Waals surface area contributed by atoms with Gasteiger partial charge in [0, 0.05) is 18.0 Å². The number of rotatable bonds is 6. The van der Waals surface area contributed by atoms with Gasteiger partial charge < -0.3 is 5.32 Å². The van der Waals surface area contributed by atoms with Crippen LogP contribution in [0.15, 0.2) is 12.1 Å². The molecule has 1 aromatic heterocycles. The number of hydrogen-bond donors (Lipinski definition) is 1. The molecule has 1 heterocycles. The molecular formula is C16H24N2S. The van der Waals surface area contributed by atoms with Gasteiger partial charge in [-0.3, -0.25) is 0 Å². The number of nitrogens with zero attached hydrogens (tertiary/aromatic N) is 1. The Balaban J connectivity index is 1.84. The summed E-state index contributed by atoms with van der Waals surface area (Å²) in [6, 6.07) is 6.19. The monoisotopic (exact) mass is 276 g/mol. The van der Waals surface area contributed by atoms with Gasteiger partial charge in [0.25, 0.3) is 0 Å². The zero-order chi connectivity index (χ0) is 13.7. The second-order valence-electron chi connectivity index (χ2n) is 6.29. The van der Waals surface area contributed by atoms with Gasteiger partial charge in [0.05, 0.1) is 0 Å². The molecule has 104 valence electrons. The van der Waals surface area contributed by atoms with Crippen LogP contribution in [-0.4, -0.2) is 6.54 Å². The quantitative estimate of drug-likeness (QED) is 0.840. The van der Waals surface area contributed by atoms with E-state index in [1.165, 1.54) is 37.0 Å². The smallest absolute Gasteiger partial charge is 0.110 e. The van der Waals surface area contributed by atoms with Gasteiger partial charge in [-0.2, -0.15) is 5.26 Å². The topological polar surface area (TPSA) is 35.8 Å². The predicted octanol–water partition coefficient (Wildman–Crippen LogP) is 4.32. The summed E-state index contributed by atoms with van der Waals surface area (Å²) in [5, 5.41) is 12.5. The molecule has 0 radical (unpaired) electrons. The molecule has 19 heavy (non-hydrogen) atoms. The maximum atomic E-state index is 8.83. The van der Waals surface area contributed by atoms with E-state index in [1.54, 1.807) is 11.3 Å². The highest BCUT2D eigenvalue weighted by Gasteiger charge is 2.33. The summed E-state index contributed by atoms with van der Waals surface area (Å²) >= 11 is 1.60. The van der Waals surface area contributed by atoms with Crippen LogP contribution in [0.5, 0.6) is 0 Å². The van der Waals surface area contributed by atoms with E-state index < -0.39 is 0 Å². The number of thiophene rings is 1. The Hall–Kier alpha value is -0.850. The van der Waals surface area contributed by atoms with Crippen LogP contribution >= 0.6 is 11.3 Å². The molecule has 1 aliphatic carbocycles. The second kappa shape index (κ2) is 6.54. The van der Waals surface area contributed by atoms with Crippen LogP contribution in [0.3, 0.4) is 0 Å². The summed E-state index contributed by atoms with van der Waals surface area (Å²) in [6.07, 6.45) is 6.89. The zero-order valence-corrected chi connectivity index (χ0v) is 12.9. The molecule has 0 saturated heterocycles. The molecule has 0 aliphatic heterocycles. The standard InChI is InChI=1S/C16H24N2S/c1-13(2)9-16(7-3-4-8-16)12-18-11-15-6-5-14(10-17)19-15/h5-6,13,18H,3-4,7-9,11-12H2,1-2H3. The van der Waals surface area contributed by atoms with E-state index >= 15 is 0 Å². The van der Waals surface area contributed by atoms with Gasteiger partial charge in [0.1, 0.15) is 10.9 Å². The van der Waals surface area contributed by atoms with Crippen LogP contribution in [-0.2, 0) is 6.54 Å². The van der Waals surface area contributed by atoms with Crippen molar-refractivity contribution in [2.75, 3.05) is 6.54 Å². The minimum atomic E-state index is 0.531. The molecule has 0 amide bonds. The van der Waals surface area contributed by atoms with Gasteiger partial charge in [-0.1, -0.05) is 26.7 Å². The number of hydrogen-bond acceptors (Lipinski definition) is 3. The van der Waals surface area contributed by atoms with E-state index in [0.717, 1.165) is 23.9 Å². The first-order valence-corrected chi connectivity index (χ1v) is 8.15. The lowest BCUT2D eigenvalue weighted by molar-refractivity contribution is 0.224. The van der Waals surface area contributed by atoms with Crippen molar-refractivity contribution in [3.8, 4) is 6.07 Å². The number of nitriles is 1. The van der Waals surface area contributed by atoms with E-state index in [2.05, 4.69) is 31.3 Å². The second-order valence-corrected chi connectivity index (χ2v) is 7.45. The Morgan fingerprint density at radius 3 is 2.68 bits per heavy atom. The van der Waals surface area contributed by atoms with Crippen LogP contribution in [0.25, 0.3) is 0 Å². The lowest BCUT2D eigenvalue weighted by atomic mass is 9.78. The first-order valence-electron chi connectivity index (χ1n) is 7.33. The number of nitrogens with one attached hydrogen (secondary N) is 1. The van der Waals surface area contributed by atoms with Crippen molar-refractivity contribution in [3.63, 3.8) is 0 Å². The van der Waals surface area contributed by atoms with Crippen molar-refractivity contribution in [3.05, 3.63) is 21.9 Å². The Morgan fingerprint density at radius 1 is 1.37 bits per heavy atom. The lowest BCUT2D eigenvalue weighted by Gasteiger charge is -2.31. The Kier molecular flexibility index (Phi) is 5.01. The third-order valence-electron chi connectivity index (χ3n) is 4.08. The summed E-state index contributed by atoms with van der Waals surface area (Å²) in [7, 11) is 0. The summed E-state index contributed by atoms with van der Waals surface area (Å²) in [4.78, 5) is 2.09. The molecule has 0 bridgehead atoms. The predicted molar refractivity (Wildman–Crippen MR) is 81.1 cm³/mol. The average molecular weight is 276 g/mol. The molecular weight excluding hydrogens is 252 g/mol. The fourth-order valence-corrected chi connectivity index (χ4v) is 4.20. The van der Waals surface area contributed by atoms with Gasteiger partial charge in [0.2, 0.25) is 0 Å². The molecule has 2 rings (SSSR count). The molecule has 1 aromatic rings. The molecule has 0 spiro atoms. The van der Waals surface area contributed by atoms with Gasteiger partial charge in [-0.05, 0) is 42.7 Å². The Morgan fingerprint density at radius 2 is 2.11 bits per heavy atom. The van der Waals surface area contributed by atoms with Crippen LogP contribution in [0.2, 0.25) is 0 Å². The van der Waals surface area contributed by atoms with E-state index in [0.29, 0.717) is 5.41 Å². The molecule has 2 nitrogen and oxygen atoms in total. The van der Waals surface area contributed by atoms with E-state index in [4.69, 9.17) is 5.26 Å². The SMILES string of the molecule is CC(C)CC1(CNCc2ccc(C#N)s2)CCCC1. The highest BCUT2D eigenvalue weighted by atomic mass is 32.1. The van der Waals surface area contributed by atoms with Crippen LogP contribution in [0, 0.1) is 22.7 Å². The van der Waals surface area contributed by atoms with Crippen LogP contribution < -0.4 is 5.32 Å². The first-order chi connectivity index (χ1) is 9.13. The summed E-state index contributed by atoms with van der Waals surface area (Å²) in [5.41, 5.74) is 0.531. The van der Waals surface area contributed by atoms with E-state index in [9.17, 15) is 0 Å². The van der Waals surface area contributed by atoms with Crippen molar-refractivity contribution < 1.29 is 0 Å². The van der Waals surface area contributed by atoms with Gasteiger partial charge in [-0.15, -0.1) is 11.3 Å². The van der Waals surface area contributed by atoms with E-state index in [-0.39, 0.29) is 0 Å². The molecule has 1 saturated carbocycles. The maximum Gasteiger partial charge on any atom is 0.110 e. The van der Waals surface area contributed by atoms with Gasteiger partial charge in [0.15, 0.2) is 0 Å². The van der Waals surface area contributed by atoms with E-state index in [1.807, 2.05) is 6.07 Å². The van der Waals surface area contributed by atoms with Crippen molar-refractivity contribution in [2.45, 2.75) is 52.5 Å². The highest BCUT2D eigenvalue weighted by molar-refractivity contribution is 7.12. The Labute approximate surface area is 120 Å². The third-order valence-corrected chi connectivity index (χ3v) is 5.07. The van der Waals surface area contributed by atoms with Crippen LogP contribution in [0.4, 0.5) is 0 Å². The summed E-state index contributed by atoms with van der Waals surface area (Å²) in [5.74, 6) is 0.784. The molecule has 1 fully saturated rings. The average Bonchev–Trinajstić information content (AvgIpc) is 2.98. The van der Waals surface area contributed by atoms with Crippen molar-refractivity contribution in [1.29, 1.82) is 5.26 Å². The summed E-state index contributed by atoms with van der Waals surface area (Å²) < 4.78 is 0. The zero-order valence-electron chi connectivity index (χ0n) is 12.0. The van der Waals surface area contributed by atoms with Gasteiger partial charge >= 0.3 is 0 Å².